The van der Waals surface area contributed by atoms with Gasteiger partial charge in [-0.1, -0.05) is 91.0 Å². The largest absolute Gasteiger partial charge is 0.396 e. The highest BCUT2D eigenvalue weighted by atomic mass is 16.3. The molecule has 0 aliphatic rings. The van der Waals surface area contributed by atoms with Crippen LogP contribution in [0.25, 0.3) is 0 Å². The summed E-state index contributed by atoms with van der Waals surface area (Å²) in [5.41, 5.74) is 4.80. The van der Waals surface area contributed by atoms with E-state index < -0.39 is 5.41 Å². The molecule has 3 heteroatoms. The number of nitrogens with one attached hydrogen (secondary N) is 1. The summed E-state index contributed by atoms with van der Waals surface area (Å²) in [5, 5.41) is 9.68. The highest BCUT2D eigenvalue weighted by Crippen LogP contribution is 2.45. The van der Waals surface area contributed by atoms with Crippen LogP contribution in [0, 0.1) is 6.92 Å². The maximum atomic E-state index is 9.68. The SMILES string of the molecule is Cc1nc(C(c2ccccc2)(c2ccccc2)c2ccccc2)c(CCO)[nH]1. The molecule has 3 aromatic carbocycles. The fraction of sp³-hybridized carbons (Fsp3) is 0.160. The van der Waals surface area contributed by atoms with Crippen molar-refractivity contribution in [3.05, 3.63) is 125 Å². The standard InChI is InChI=1S/C25H24N2O/c1-19-26-23(17-18-28)24(27-19)25(20-11-5-2-6-12-20,21-13-7-3-8-14-21)22-15-9-4-10-16-22/h2-16,28H,17-18H2,1H3,(H,26,27). The Bertz CT molecular complexity index is 927. The fourth-order valence-electron chi connectivity index (χ4n) is 4.12. The molecular weight excluding hydrogens is 344 g/mol. The maximum absolute atomic E-state index is 9.68. The fourth-order valence-corrected chi connectivity index (χ4v) is 4.12. The summed E-state index contributed by atoms with van der Waals surface area (Å²) < 4.78 is 0. The van der Waals surface area contributed by atoms with Crippen LogP contribution in [0.1, 0.15) is 33.9 Å². The van der Waals surface area contributed by atoms with Gasteiger partial charge in [0.05, 0.1) is 11.1 Å². The third-order valence-corrected chi connectivity index (χ3v) is 5.23. The molecule has 0 saturated carbocycles. The summed E-state index contributed by atoms with van der Waals surface area (Å²) in [6.45, 7) is 2.04. The Hall–Kier alpha value is -3.17. The summed E-state index contributed by atoms with van der Waals surface area (Å²) >= 11 is 0. The Kier molecular flexibility index (Phi) is 5.09. The van der Waals surface area contributed by atoms with Gasteiger partial charge in [0.15, 0.2) is 0 Å². The molecule has 0 aliphatic heterocycles. The maximum Gasteiger partial charge on any atom is 0.103 e. The molecule has 2 N–H and O–H groups in total. The predicted molar refractivity (Wildman–Crippen MR) is 112 cm³/mol. The van der Waals surface area contributed by atoms with Gasteiger partial charge in [0.1, 0.15) is 5.82 Å². The Morgan fingerprint density at radius 3 is 1.57 bits per heavy atom. The van der Waals surface area contributed by atoms with E-state index in [9.17, 15) is 5.11 Å². The lowest BCUT2D eigenvalue weighted by atomic mass is 9.66. The zero-order valence-electron chi connectivity index (χ0n) is 16.0. The van der Waals surface area contributed by atoms with E-state index in [-0.39, 0.29) is 6.61 Å². The second-order valence-electron chi connectivity index (χ2n) is 6.97. The van der Waals surface area contributed by atoms with Gasteiger partial charge in [-0.3, -0.25) is 0 Å². The normalized spacial score (nSPS) is 11.5. The molecule has 0 amide bonds. The van der Waals surface area contributed by atoms with E-state index in [1.54, 1.807) is 0 Å². The number of hydrogen-bond donors (Lipinski definition) is 2. The molecule has 0 atom stereocenters. The highest BCUT2D eigenvalue weighted by molar-refractivity contribution is 5.59. The minimum Gasteiger partial charge on any atom is -0.396 e. The van der Waals surface area contributed by atoms with Crippen LogP contribution < -0.4 is 0 Å². The minimum absolute atomic E-state index is 0.0725. The number of aryl methyl sites for hydroxylation is 1. The van der Waals surface area contributed by atoms with Crippen LogP contribution in [0.3, 0.4) is 0 Å². The van der Waals surface area contributed by atoms with E-state index >= 15 is 0 Å². The molecule has 4 aromatic rings. The van der Waals surface area contributed by atoms with E-state index in [2.05, 4.69) is 77.8 Å². The zero-order valence-corrected chi connectivity index (χ0v) is 16.0. The van der Waals surface area contributed by atoms with Gasteiger partial charge in [-0.05, 0) is 23.6 Å². The van der Waals surface area contributed by atoms with Crippen LogP contribution in [-0.2, 0) is 11.8 Å². The molecule has 1 aromatic heterocycles. The zero-order chi connectivity index (χ0) is 19.4. The number of imidazole rings is 1. The molecule has 0 radical (unpaired) electrons. The molecule has 28 heavy (non-hydrogen) atoms. The van der Waals surface area contributed by atoms with Crippen molar-refractivity contribution in [3.8, 4) is 0 Å². The van der Waals surface area contributed by atoms with E-state index in [0.29, 0.717) is 6.42 Å². The van der Waals surface area contributed by atoms with Crippen LogP contribution in [0.4, 0.5) is 0 Å². The number of aliphatic hydroxyl groups excluding tert-OH is 1. The Morgan fingerprint density at radius 1 is 0.750 bits per heavy atom. The number of aromatic nitrogens is 2. The molecule has 0 bridgehead atoms. The van der Waals surface area contributed by atoms with E-state index in [0.717, 1.165) is 33.9 Å². The summed E-state index contributed by atoms with van der Waals surface area (Å²) in [6, 6.07) is 31.5. The topological polar surface area (TPSA) is 48.9 Å². The summed E-state index contributed by atoms with van der Waals surface area (Å²) in [4.78, 5) is 8.35. The first-order valence-electron chi connectivity index (χ1n) is 9.60. The van der Waals surface area contributed by atoms with Crippen molar-refractivity contribution >= 4 is 0 Å². The number of hydrogen-bond acceptors (Lipinski definition) is 2. The number of H-pyrrole nitrogens is 1. The summed E-state index contributed by atoms with van der Waals surface area (Å²) in [7, 11) is 0. The number of aromatic amines is 1. The van der Waals surface area contributed by atoms with Crippen molar-refractivity contribution in [2.75, 3.05) is 6.61 Å². The molecule has 4 rings (SSSR count). The van der Waals surface area contributed by atoms with Gasteiger partial charge in [-0.15, -0.1) is 0 Å². The van der Waals surface area contributed by atoms with E-state index in [1.165, 1.54) is 0 Å². The third kappa shape index (κ3) is 3.04. The second kappa shape index (κ2) is 7.83. The lowest BCUT2D eigenvalue weighted by molar-refractivity contribution is 0.297. The first kappa shape index (κ1) is 18.2. The molecule has 0 saturated heterocycles. The number of nitrogens with zero attached hydrogens (tertiary/aromatic N) is 1. The number of benzene rings is 3. The first-order valence-corrected chi connectivity index (χ1v) is 9.60. The van der Waals surface area contributed by atoms with Crippen LogP contribution in [-0.4, -0.2) is 21.7 Å². The quantitative estimate of drug-likeness (QED) is 0.487. The second-order valence-corrected chi connectivity index (χ2v) is 6.97. The minimum atomic E-state index is -0.570. The van der Waals surface area contributed by atoms with Gasteiger partial charge in [-0.25, -0.2) is 4.98 Å². The molecule has 0 fully saturated rings. The van der Waals surface area contributed by atoms with E-state index in [1.807, 2.05) is 25.1 Å². The van der Waals surface area contributed by atoms with Crippen LogP contribution in [0.2, 0.25) is 0 Å². The van der Waals surface area contributed by atoms with Crippen LogP contribution in [0.15, 0.2) is 91.0 Å². The van der Waals surface area contributed by atoms with Gasteiger partial charge in [-0.2, -0.15) is 0 Å². The Morgan fingerprint density at radius 2 is 1.18 bits per heavy atom. The molecule has 0 aliphatic carbocycles. The average Bonchev–Trinajstić information content (AvgIpc) is 3.12. The van der Waals surface area contributed by atoms with E-state index in [4.69, 9.17) is 4.98 Å². The van der Waals surface area contributed by atoms with Crippen LogP contribution in [0.5, 0.6) is 0 Å². The first-order chi connectivity index (χ1) is 13.8. The van der Waals surface area contributed by atoms with Gasteiger partial charge < -0.3 is 10.1 Å². The summed E-state index contributed by atoms with van der Waals surface area (Å²) in [6.07, 6.45) is 0.532. The van der Waals surface area contributed by atoms with Crippen molar-refractivity contribution < 1.29 is 5.11 Å². The highest BCUT2D eigenvalue weighted by Gasteiger charge is 2.41. The van der Waals surface area contributed by atoms with Crippen LogP contribution >= 0.6 is 0 Å². The van der Waals surface area contributed by atoms with Gasteiger partial charge in [0.25, 0.3) is 0 Å². The van der Waals surface area contributed by atoms with Crippen molar-refractivity contribution in [2.24, 2.45) is 0 Å². The van der Waals surface area contributed by atoms with Gasteiger partial charge in [0, 0.05) is 18.7 Å². The monoisotopic (exact) mass is 368 g/mol. The molecule has 1 heterocycles. The smallest absolute Gasteiger partial charge is 0.103 e. The van der Waals surface area contributed by atoms with Gasteiger partial charge >= 0.3 is 0 Å². The lowest BCUT2D eigenvalue weighted by Crippen LogP contribution is -2.32. The molecular formula is C25H24N2O. The lowest BCUT2D eigenvalue weighted by Gasteiger charge is -2.35. The predicted octanol–water partition coefficient (Wildman–Crippen LogP) is 4.64. The van der Waals surface area contributed by atoms with Crippen molar-refractivity contribution in [1.29, 1.82) is 0 Å². The number of rotatable bonds is 6. The molecule has 0 spiro atoms. The summed E-state index contributed by atoms with van der Waals surface area (Å²) in [5.74, 6) is 0.852. The Labute approximate surface area is 165 Å². The van der Waals surface area contributed by atoms with Crippen molar-refractivity contribution in [3.63, 3.8) is 0 Å². The molecule has 3 nitrogen and oxygen atoms in total. The van der Waals surface area contributed by atoms with Crippen molar-refractivity contribution in [1.82, 2.24) is 9.97 Å². The molecule has 0 unspecified atom stereocenters. The Balaban J connectivity index is 2.14. The number of aliphatic hydroxyl groups is 1. The van der Waals surface area contributed by atoms with Gasteiger partial charge in [0.2, 0.25) is 0 Å². The average molecular weight is 368 g/mol. The molecule has 140 valence electrons. The third-order valence-electron chi connectivity index (χ3n) is 5.23. The van der Waals surface area contributed by atoms with Crippen molar-refractivity contribution in [2.45, 2.75) is 18.8 Å².